The number of carboxylic acids is 2. The van der Waals surface area contributed by atoms with Crippen LogP contribution in [0.25, 0.3) is 0 Å². The minimum absolute atomic E-state index is 0.0926. The highest BCUT2D eigenvalue weighted by atomic mass is 35.5. The fourth-order valence-corrected chi connectivity index (χ4v) is 0.835. The van der Waals surface area contributed by atoms with Crippen LogP contribution in [-0.4, -0.2) is 62.8 Å². The van der Waals surface area contributed by atoms with E-state index in [2.05, 4.69) is 30.4 Å². The lowest BCUT2D eigenvalue weighted by Gasteiger charge is -1.97. The van der Waals surface area contributed by atoms with Crippen molar-refractivity contribution in [3.05, 3.63) is 0 Å². The Morgan fingerprint density at radius 2 is 1.27 bits per heavy atom. The van der Waals surface area contributed by atoms with E-state index < -0.39 is 30.2 Å². The van der Waals surface area contributed by atoms with E-state index in [4.69, 9.17) is 45.4 Å². The summed E-state index contributed by atoms with van der Waals surface area (Å²) in [6.07, 6.45) is 16.4. The summed E-state index contributed by atoms with van der Waals surface area (Å²) in [6, 6.07) is -0.903. The second-order valence-corrected chi connectivity index (χ2v) is 5.83. The first-order valence-corrected chi connectivity index (χ1v) is 9.45. The van der Waals surface area contributed by atoms with Gasteiger partial charge in [0.05, 0.1) is 0 Å². The van der Waals surface area contributed by atoms with Gasteiger partial charge in [-0.05, 0) is 12.8 Å². The van der Waals surface area contributed by atoms with E-state index in [1.165, 1.54) is 26.1 Å². The number of alkyl halides is 1. The van der Waals surface area contributed by atoms with Crippen molar-refractivity contribution in [2.75, 3.05) is 6.38 Å². The Labute approximate surface area is 183 Å². The molecule has 1 fully saturated rings. The predicted octanol–water partition coefficient (Wildman–Crippen LogP) is 1.11. The molecule has 6 N–H and O–H groups in total. The molecule has 1 aliphatic carbocycles. The van der Waals surface area contributed by atoms with E-state index in [9.17, 15) is 14.4 Å². The summed E-state index contributed by atoms with van der Waals surface area (Å²) in [5.74, 6) is 4.82. The number of rotatable bonds is 6. The van der Waals surface area contributed by atoms with E-state index in [0.29, 0.717) is 0 Å². The zero-order valence-electron chi connectivity index (χ0n) is 17.5. The summed E-state index contributed by atoms with van der Waals surface area (Å²) in [4.78, 5) is 29.8. The van der Waals surface area contributed by atoms with Gasteiger partial charge in [-0.2, -0.15) is 0 Å². The molecule has 0 aromatic heterocycles. The number of hydrogen-bond acceptors (Lipinski definition) is 6. The number of Topliss-reactive ketones (excluding diaryl/α,β-unsaturated/α-hetero) is 1. The number of carboxylic acid groups (broad SMARTS) is 2. The van der Waals surface area contributed by atoms with Crippen LogP contribution in [0.5, 0.6) is 0 Å². The van der Waals surface area contributed by atoms with Crippen LogP contribution in [0, 0.1) is 42.9 Å². The van der Waals surface area contributed by atoms with Crippen LogP contribution in [0.2, 0.25) is 0 Å². The summed E-state index contributed by atoms with van der Waals surface area (Å²) >= 11 is 4.64. The van der Waals surface area contributed by atoms with Gasteiger partial charge in [0.15, 0.2) is 11.9 Å². The quantitative estimate of drug-likeness (QED) is 0.300. The third-order valence-corrected chi connectivity index (χ3v) is 2.90. The Morgan fingerprint density at radius 3 is 1.37 bits per heavy atom. The molecule has 170 valence electrons. The number of aliphatic hydroxyl groups is 2. The Kier molecular flexibility index (Phi) is 28.5. The molecule has 0 bridgehead atoms. The Balaban J connectivity index is -0.000000149. The summed E-state index contributed by atoms with van der Waals surface area (Å²) < 4.78 is 0. The molecular formula is C21H32ClNO7. The minimum Gasteiger partial charge on any atom is -0.480 e. The molecule has 0 radical (unpaired) electrons. The molecule has 0 aliphatic heterocycles. The van der Waals surface area contributed by atoms with Crippen molar-refractivity contribution in [3.63, 3.8) is 0 Å². The Bertz CT molecular complexity index is 522. The van der Waals surface area contributed by atoms with Crippen LogP contribution >= 0.6 is 11.6 Å². The minimum atomic E-state index is -1.40. The van der Waals surface area contributed by atoms with Crippen molar-refractivity contribution < 1.29 is 34.8 Å². The molecule has 3 atom stereocenters. The number of hydrogen-bond donors (Lipinski definition) is 5. The van der Waals surface area contributed by atoms with Crippen LogP contribution in [-0.2, 0) is 14.4 Å². The third-order valence-electron chi connectivity index (χ3n) is 2.90. The maximum atomic E-state index is 10.2. The van der Waals surface area contributed by atoms with Crippen molar-refractivity contribution in [1.29, 1.82) is 0 Å². The summed E-state index contributed by atoms with van der Waals surface area (Å²) in [6.45, 7) is 3.59. The van der Waals surface area contributed by atoms with Crippen molar-refractivity contribution in [2.45, 2.75) is 64.2 Å². The second-order valence-electron chi connectivity index (χ2n) is 5.83. The van der Waals surface area contributed by atoms with E-state index in [1.54, 1.807) is 0 Å². The molecule has 0 spiro atoms. The lowest BCUT2D eigenvalue weighted by Crippen LogP contribution is -2.29. The maximum Gasteiger partial charge on any atom is 0.333 e. The highest BCUT2D eigenvalue weighted by Crippen LogP contribution is 2.26. The fraction of sp³-hybridized carbons (Fsp3) is 0.571. The normalized spacial score (nSPS) is 13.3. The molecule has 0 unspecified atom stereocenters. The Morgan fingerprint density at radius 1 is 0.933 bits per heavy atom. The van der Waals surface area contributed by atoms with Gasteiger partial charge in [0, 0.05) is 25.6 Å². The summed E-state index contributed by atoms with van der Waals surface area (Å²) in [5, 5.41) is 33.1. The van der Waals surface area contributed by atoms with Crippen LogP contribution in [0.4, 0.5) is 0 Å². The molecule has 1 aliphatic rings. The number of nitrogens with two attached hydrogens (primary N) is 1. The smallest absolute Gasteiger partial charge is 0.333 e. The van der Waals surface area contributed by atoms with Gasteiger partial charge >= 0.3 is 11.9 Å². The van der Waals surface area contributed by atoms with Crippen LogP contribution in [0.15, 0.2) is 0 Å². The molecule has 0 amide bonds. The topological polar surface area (TPSA) is 158 Å². The van der Waals surface area contributed by atoms with Gasteiger partial charge in [-0.15, -0.1) is 48.6 Å². The molecule has 1 saturated carbocycles. The summed E-state index contributed by atoms with van der Waals surface area (Å²) in [5.41, 5.74) is 4.98. The zero-order chi connectivity index (χ0) is 24.7. The number of halogens is 1. The molecule has 0 saturated heterocycles. The van der Waals surface area contributed by atoms with Gasteiger partial charge < -0.3 is 26.2 Å². The van der Waals surface area contributed by atoms with Gasteiger partial charge in [0.2, 0.25) is 0 Å². The first-order valence-electron chi connectivity index (χ1n) is 8.70. The monoisotopic (exact) mass is 445 g/mol. The molecule has 1 rings (SSSR count). The highest BCUT2D eigenvalue weighted by molar-refractivity contribution is 6.15. The van der Waals surface area contributed by atoms with Gasteiger partial charge in [-0.3, -0.25) is 9.59 Å². The van der Waals surface area contributed by atoms with E-state index in [0.717, 1.165) is 5.92 Å². The highest BCUT2D eigenvalue weighted by Gasteiger charge is 2.12. The Hall–Kier alpha value is -2.54. The SMILES string of the molecule is C#CC[C@@H](N)C(=O)O.C#CC[C@@H](O)C(=O)O.C#CC[C@@H](O)C(C)=O.CC1CC1.CCl. The first-order chi connectivity index (χ1) is 13.9. The average molecular weight is 446 g/mol. The molecule has 0 aromatic rings. The molecule has 30 heavy (non-hydrogen) atoms. The number of carbonyl (C=O) groups is 3. The number of carbonyl (C=O) groups excluding carboxylic acids is 1. The third kappa shape index (κ3) is 33.1. The van der Waals surface area contributed by atoms with Crippen LogP contribution in [0.3, 0.4) is 0 Å². The first kappa shape index (κ1) is 34.9. The van der Waals surface area contributed by atoms with Gasteiger partial charge in [0.25, 0.3) is 0 Å². The second kappa shape index (κ2) is 24.5. The number of terminal acetylenes is 3. The molecule has 0 aromatic carbocycles. The van der Waals surface area contributed by atoms with E-state index >= 15 is 0 Å². The standard InChI is InChI=1S/C6H8O2.C5H7NO2.C5H6O3.C4H8.CH3Cl/c1-3-4-6(8)5(2)7;2*1-2-3-4(6)5(7)8;1-4-2-3-4;1-2/h1,6,8H,4H2,2H3;1,4H,3,6H2,(H,7,8);1,4,6H,3H2,(H,7,8);4H,2-3H2,1H3;1H3/t6-;2*4-;;/m111../s1. The van der Waals surface area contributed by atoms with Gasteiger partial charge in [0.1, 0.15) is 12.1 Å². The average Bonchev–Trinajstić information content (AvgIpc) is 3.47. The number of aliphatic hydroxyl groups excluding tert-OH is 2. The number of ketones is 1. The lowest BCUT2D eigenvalue weighted by atomic mass is 10.2. The van der Waals surface area contributed by atoms with E-state index in [-0.39, 0.29) is 25.0 Å². The maximum absolute atomic E-state index is 10.2. The number of aliphatic carboxylic acids is 2. The molecule has 0 heterocycles. The fourth-order valence-electron chi connectivity index (χ4n) is 0.835. The van der Waals surface area contributed by atoms with Gasteiger partial charge in [-0.25, -0.2) is 4.79 Å². The zero-order valence-corrected chi connectivity index (χ0v) is 18.3. The van der Waals surface area contributed by atoms with Crippen molar-refractivity contribution in [2.24, 2.45) is 11.7 Å². The summed E-state index contributed by atoms with van der Waals surface area (Å²) in [7, 11) is 0. The van der Waals surface area contributed by atoms with Gasteiger partial charge in [-0.1, -0.05) is 19.8 Å². The largest absolute Gasteiger partial charge is 0.480 e. The van der Waals surface area contributed by atoms with E-state index in [1.807, 2.05) is 5.92 Å². The van der Waals surface area contributed by atoms with Crippen molar-refractivity contribution in [1.82, 2.24) is 0 Å². The van der Waals surface area contributed by atoms with Crippen LogP contribution in [0.1, 0.15) is 46.0 Å². The van der Waals surface area contributed by atoms with Crippen LogP contribution < -0.4 is 5.73 Å². The molecule has 9 heteroatoms. The molecular weight excluding hydrogens is 414 g/mol. The predicted molar refractivity (Wildman–Crippen MR) is 116 cm³/mol. The van der Waals surface area contributed by atoms with Crippen molar-refractivity contribution >= 4 is 29.3 Å². The lowest BCUT2D eigenvalue weighted by molar-refractivity contribution is -0.146. The molecule has 8 nitrogen and oxygen atoms in total. The van der Waals surface area contributed by atoms with Crippen molar-refractivity contribution in [3.8, 4) is 37.0 Å².